The molecule has 4 fully saturated rings. The molecule has 412 valence electrons. The van der Waals surface area contributed by atoms with E-state index in [-0.39, 0.29) is 84.1 Å². The van der Waals surface area contributed by atoms with E-state index in [0.717, 1.165) is 75.1 Å². The van der Waals surface area contributed by atoms with E-state index >= 15 is 0 Å². The first-order valence-electron chi connectivity index (χ1n) is 26.2. The van der Waals surface area contributed by atoms with Crippen LogP contribution in [-0.2, 0) is 34.0 Å². The Hall–Kier alpha value is -9.35. The number of nitrogens with one attached hydrogen (secondary N) is 7. The molecule has 0 saturated heterocycles. The minimum atomic E-state index is -0.942. The molecule has 3 aromatic carbocycles. The molecule has 4 aromatic heterocycles. The van der Waals surface area contributed by atoms with Gasteiger partial charge in [0.15, 0.2) is 36.1 Å². The summed E-state index contributed by atoms with van der Waals surface area (Å²) in [7, 11) is 0. The highest BCUT2D eigenvalue weighted by Crippen LogP contribution is 2.59. The zero-order valence-electron chi connectivity index (χ0n) is 43.5. The lowest BCUT2D eigenvalue weighted by atomic mass is 9.49. The highest BCUT2D eigenvalue weighted by Gasteiger charge is 2.51. The number of fused-ring (bicyclic) bond motifs is 4. The number of ether oxygens (including phenoxy) is 2. The fourth-order valence-corrected chi connectivity index (χ4v) is 11.7. The fraction of sp³-hybridized carbons (Fsp3) is 0.339. The zero-order chi connectivity index (χ0) is 55.8. The molecule has 4 bridgehead atoms. The molecule has 7 amide bonds. The largest absolute Gasteiger partial charge is 0.482 e. The van der Waals surface area contributed by atoms with Crippen LogP contribution < -0.4 is 46.7 Å². The number of carbonyl (C=O) groups excluding carboxylic acids is 7. The zero-order valence-corrected chi connectivity index (χ0v) is 43.5. The molecule has 7 N–H and O–H groups in total. The van der Waals surface area contributed by atoms with Gasteiger partial charge in [0, 0.05) is 38.3 Å². The lowest BCUT2D eigenvalue weighted by Gasteiger charge is -2.56. The van der Waals surface area contributed by atoms with Crippen molar-refractivity contribution >= 4 is 64.0 Å². The lowest BCUT2D eigenvalue weighted by Crippen LogP contribution is -2.51. The molecule has 4 saturated carbocycles. The van der Waals surface area contributed by atoms with Crippen molar-refractivity contribution in [2.45, 2.75) is 78.0 Å². The van der Waals surface area contributed by atoms with Gasteiger partial charge in [0.2, 0.25) is 5.91 Å². The molecular weight excluding hydrogens is 1040 g/mol. The van der Waals surface area contributed by atoms with Crippen molar-refractivity contribution in [2.75, 3.05) is 30.4 Å². The molecule has 1 atom stereocenters. The number of aromatic nitrogens is 6. The topological polar surface area (TPSA) is 283 Å². The second-order valence-corrected chi connectivity index (χ2v) is 21.2. The van der Waals surface area contributed by atoms with Crippen molar-refractivity contribution in [3.8, 4) is 11.5 Å². The number of benzene rings is 3. The summed E-state index contributed by atoms with van der Waals surface area (Å²) in [4.78, 5) is 96.5. The Morgan fingerprint density at radius 1 is 0.625 bits per heavy atom. The van der Waals surface area contributed by atoms with Gasteiger partial charge in [0.25, 0.3) is 35.4 Å². The summed E-state index contributed by atoms with van der Waals surface area (Å²) in [5.74, 6) is -1.57. The van der Waals surface area contributed by atoms with E-state index in [4.69, 9.17) is 9.47 Å². The summed E-state index contributed by atoms with van der Waals surface area (Å²) in [6.07, 6.45) is 9.26. The minimum absolute atomic E-state index is 0.0408. The van der Waals surface area contributed by atoms with Gasteiger partial charge in [-0.3, -0.25) is 33.6 Å². The maximum atomic E-state index is 14.5. The van der Waals surface area contributed by atoms with E-state index in [2.05, 4.69) is 57.4 Å². The third kappa shape index (κ3) is 11.3. The Kier molecular flexibility index (Phi) is 14.4. The first-order valence-corrected chi connectivity index (χ1v) is 26.2. The molecule has 24 heteroatoms. The summed E-state index contributed by atoms with van der Waals surface area (Å²) >= 11 is 0. The third-order valence-corrected chi connectivity index (χ3v) is 15.2. The van der Waals surface area contributed by atoms with Crippen LogP contribution in [0.5, 0.6) is 11.5 Å². The molecular formula is C56H55F2N13O9. The van der Waals surface area contributed by atoms with E-state index in [9.17, 15) is 42.3 Å². The average Bonchev–Trinajstić information content (AvgIpc) is 4.04. The van der Waals surface area contributed by atoms with Crippen molar-refractivity contribution in [1.82, 2.24) is 55.8 Å². The van der Waals surface area contributed by atoms with Gasteiger partial charge in [-0.15, -0.1) is 0 Å². The van der Waals surface area contributed by atoms with Crippen LogP contribution in [0.2, 0.25) is 0 Å². The van der Waals surface area contributed by atoms with Gasteiger partial charge >= 0.3 is 0 Å². The number of rotatable bonds is 14. The molecule has 80 heavy (non-hydrogen) atoms. The van der Waals surface area contributed by atoms with E-state index in [1.807, 2.05) is 31.2 Å². The van der Waals surface area contributed by atoms with E-state index in [1.165, 1.54) is 38.3 Å². The number of hydrogen-bond donors (Lipinski definition) is 7. The lowest BCUT2D eigenvalue weighted by molar-refractivity contribution is -0.122. The van der Waals surface area contributed by atoms with Crippen LogP contribution >= 0.6 is 0 Å². The number of halogens is 2. The second kappa shape index (κ2) is 21.8. The van der Waals surface area contributed by atoms with Crippen LogP contribution in [0.3, 0.4) is 0 Å². The Balaban J connectivity index is 0.000000169. The predicted octanol–water partition coefficient (Wildman–Crippen LogP) is 4.95. The summed E-state index contributed by atoms with van der Waals surface area (Å²) in [5.41, 5.74) is 3.55. The number of nitrogens with zero attached hydrogens (tertiary/aromatic N) is 6. The molecule has 2 aliphatic heterocycles. The third-order valence-electron chi connectivity index (χ3n) is 15.2. The fourth-order valence-electron chi connectivity index (χ4n) is 11.7. The molecule has 13 rings (SSSR count). The van der Waals surface area contributed by atoms with Crippen LogP contribution in [0.4, 0.5) is 20.2 Å². The van der Waals surface area contributed by atoms with Crippen LogP contribution in [0, 0.1) is 41.7 Å². The van der Waals surface area contributed by atoms with Gasteiger partial charge in [0.05, 0.1) is 23.8 Å². The predicted molar refractivity (Wildman–Crippen MR) is 282 cm³/mol. The smallest absolute Gasteiger partial charge is 0.270 e. The van der Waals surface area contributed by atoms with Crippen molar-refractivity contribution in [3.63, 3.8) is 0 Å². The SMILES string of the molecule is Cc1ccc(CNC(=O)[C@H](C)NC(=O)c2cc(C(=O)NCc3ccc4c(c3)NC(=O)CO4)nc3c(F)cnn23)cc1.O=C1COc2ccc(CNC(=O)c3cc(C(=O)NCC45CC6CC(CC(C6)C4)C5)n4ncc(F)c4n3)cc2N1. The molecule has 6 aliphatic rings. The van der Waals surface area contributed by atoms with E-state index in [1.54, 1.807) is 36.4 Å². The molecule has 4 aliphatic carbocycles. The summed E-state index contributed by atoms with van der Waals surface area (Å²) in [5, 5.41) is 27.1. The molecule has 7 aromatic rings. The average molecular weight is 1090 g/mol. The van der Waals surface area contributed by atoms with Crippen molar-refractivity contribution in [2.24, 2.45) is 23.2 Å². The van der Waals surface area contributed by atoms with E-state index < -0.39 is 47.2 Å². The van der Waals surface area contributed by atoms with Gasteiger partial charge in [-0.05, 0) is 116 Å². The number of amides is 7. The van der Waals surface area contributed by atoms with Gasteiger partial charge in [-0.25, -0.2) is 27.8 Å². The molecule has 0 unspecified atom stereocenters. The first-order chi connectivity index (χ1) is 38.5. The summed E-state index contributed by atoms with van der Waals surface area (Å²) < 4.78 is 41.7. The van der Waals surface area contributed by atoms with Crippen molar-refractivity contribution in [3.05, 3.63) is 142 Å². The standard InChI is InChI=1S/C28H26FN7O5.C28H29FN6O4/c1-15-3-5-17(6-4-15)11-30-26(38)16(2)33-28(40)22-10-21(35-25-19(29)13-32-36(22)25)27(39)31-12-18-7-8-23-20(9-18)34-24(37)14-41-23;29-19-12-32-35-22(27(38)31-14-28-8-16-3-17(9-28)5-18(4-16)10-28)7-21(34-25(19)35)26(37)30-11-15-1-2-23-20(6-15)33-24(36)13-39-23/h3-10,13,16H,11-12,14H2,1-2H3,(H,30,38)(H,31,39)(H,33,40)(H,34,37);1-2,6-7,12,16-18H,3-5,8-11,13-14H2,(H,30,37)(H,31,38)(H,33,36)/t16-;/m0./s1. The van der Waals surface area contributed by atoms with Crippen molar-refractivity contribution < 1.29 is 51.8 Å². The van der Waals surface area contributed by atoms with Crippen LogP contribution in [0.25, 0.3) is 11.3 Å². The quantitative estimate of drug-likeness (QED) is 0.0761. The highest BCUT2D eigenvalue weighted by atomic mass is 19.1. The minimum Gasteiger partial charge on any atom is -0.482 e. The number of carbonyl (C=O) groups is 7. The Morgan fingerprint density at radius 3 is 1.59 bits per heavy atom. The molecule has 0 spiro atoms. The van der Waals surface area contributed by atoms with Gasteiger partial charge in [-0.2, -0.15) is 10.2 Å². The van der Waals surface area contributed by atoms with Gasteiger partial charge in [0.1, 0.15) is 40.3 Å². The van der Waals surface area contributed by atoms with Crippen LogP contribution in [-0.4, -0.2) is 96.3 Å². The molecule has 6 heterocycles. The highest BCUT2D eigenvalue weighted by molar-refractivity contribution is 6.01. The maximum Gasteiger partial charge on any atom is 0.270 e. The van der Waals surface area contributed by atoms with Crippen molar-refractivity contribution in [1.29, 1.82) is 0 Å². The maximum absolute atomic E-state index is 14.5. The van der Waals surface area contributed by atoms with Crippen LogP contribution in [0.1, 0.15) is 110 Å². The Labute approximate surface area is 455 Å². The Bertz CT molecular complexity index is 3620. The summed E-state index contributed by atoms with van der Waals surface area (Å²) in [6, 6.07) is 19.5. The number of hydrogen-bond acceptors (Lipinski definition) is 13. The number of anilines is 2. The first kappa shape index (κ1) is 52.7. The van der Waals surface area contributed by atoms with Gasteiger partial charge < -0.3 is 46.7 Å². The summed E-state index contributed by atoms with van der Waals surface area (Å²) in [6.45, 7) is 4.38. The second-order valence-electron chi connectivity index (χ2n) is 21.2. The normalized spacial score (nSPS) is 19.6. The Morgan fingerprint density at radius 2 is 1.09 bits per heavy atom. The monoisotopic (exact) mass is 1090 g/mol. The van der Waals surface area contributed by atoms with Crippen LogP contribution in [0.15, 0.2) is 85.2 Å². The van der Waals surface area contributed by atoms with Gasteiger partial charge in [-0.1, -0.05) is 42.0 Å². The molecule has 22 nitrogen and oxygen atoms in total. The van der Waals surface area contributed by atoms with E-state index in [0.29, 0.717) is 35.0 Å². The molecule has 0 radical (unpaired) electrons. The number of aryl methyl sites for hydroxylation is 1.